The second-order valence-corrected chi connectivity index (χ2v) is 27.0. The van der Waals surface area contributed by atoms with Crippen LogP contribution in [0.2, 0.25) is 0 Å². The van der Waals surface area contributed by atoms with E-state index in [-0.39, 0.29) is 6.04 Å². The third kappa shape index (κ3) is 10.9. The van der Waals surface area contributed by atoms with E-state index in [9.17, 15) is 0 Å². The van der Waals surface area contributed by atoms with Crippen LogP contribution >= 0.6 is 0 Å². The Morgan fingerprint density at radius 1 is 0.233 bits per heavy atom. The van der Waals surface area contributed by atoms with Gasteiger partial charge in [-0.1, -0.05) is 291 Å². The Kier molecular flexibility index (Phi) is 15.4. The number of anilines is 8. The standard InChI is InChI=1S/C100H69N3/c1-6-26-71(27-7-1)92-67-93(72-50-58-82(59-51-72)102(79-37-12-4-13-38-79)96-46-24-31-69-28-16-20-42-85(69)96)99-89-62-54-74(68-48-56-81(57-49-68)101(77-33-8-2-9-34-77)78-35-10-3-11-36-78)64-94(89)95-66-76(91-65-75-30-18-19-41-84(75)87-44-22-23-45-88(87)91)55-63-90(95)100(99)98(92)73-52-60-83(61-53-73)103(80-39-14-5-15-40-80)97-47-25-32-70-29-17-21-43-86(70)97/h1-56,58-67,81H,57H2. The Morgan fingerprint density at radius 3 is 1.20 bits per heavy atom. The minimum Gasteiger partial charge on any atom is -0.334 e. The molecule has 18 aromatic rings. The van der Waals surface area contributed by atoms with E-state index in [1.165, 1.54) is 115 Å². The lowest BCUT2D eigenvalue weighted by Crippen LogP contribution is -2.30. The fourth-order valence-electron chi connectivity index (χ4n) is 16.3. The molecule has 103 heavy (non-hydrogen) atoms. The number of benzene rings is 18. The van der Waals surface area contributed by atoms with Crippen LogP contribution in [-0.4, -0.2) is 6.04 Å². The van der Waals surface area contributed by atoms with Gasteiger partial charge in [0.2, 0.25) is 0 Å². The van der Waals surface area contributed by atoms with Gasteiger partial charge < -0.3 is 14.7 Å². The number of hydrogen-bond donors (Lipinski definition) is 0. The van der Waals surface area contributed by atoms with Crippen LogP contribution in [0.4, 0.5) is 45.5 Å². The minimum absolute atomic E-state index is 0.116. The fourth-order valence-corrected chi connectivity index (χ4v) is 16.3. The summed E-state index contributed by atoms with van der Waals surface area (Å²) in [7, 11) is 0. The van der Waals surface area contributed by atoms with Gasteiger partial charge >= 0.3 is 0 Å². The molecule has 0 bridgehead atoms. The number of para-hydroxylation sites is 4. The molecule has 3 heteroatoms. The van der Waals surface area contributed by atoms with E-state index < -0.39 is 0 Å². The van der Waals surface area contributed by atoms with E-state index in [1.807, 2.05) is 0 Å². The summed E-state index contributed by atoms with van der Waals surface area (Å²) in [6.07, 6.45) is 8.06. The van der Waals surface area contributed by atoms with Gasteiger partial charge in [0.15, 0.2) is 0 Å². The van der Waals surface area contributed by atoms with Crippen molar-refractivity contribution in [1.29, 1.82) is 0 Å². The maximum atomic E-state index is 2.51. The molecular formula is C100H69N3. The van der Waals surface area contributed by atoms with Gasteiger partial charge in [0.05, 0.1) is 17.4 Å². The summed E-state index contributed by atoms with van der Waals surface area (Å²) in [4.78, 5) is 7.29. The van der Waals surface area contributed by atoms with Crippen LogP contribution in [0, 0.1) is 0 Å². The predicted molar refractivity (Wildman–Crippen MR) is 441 cm³/mol. The Morgan fingerprint density at radius 2 is 0.650 bits per heavy atom. The first-order chi connectivity index (χ1) is 51.1. The van der Waals surface area contributed by atoms with Gasteiger partial charge in [-0.25, -0.2) is 0 Å². The highest BCUT2D eigenvalue weighted by molar-refractivity contribution is 6.34. The van der Waals surface area contributed by atoms with Crippen molar-refractivity contribution in [3.63, 3.8) is 0 Å². The molecular weight excluding hydrogens is 1240 g/mol. The Labute approximate surface area is 600 Å². The largest absolute Gasteiger partial charge is 0.334 e. The smallest absolute Gasteiger partial charge is 0.0560 e. The van der Waals surface area contributed by atoms with E-state index >= 15 is 0 Å². The molecule has 0 aliphatic heterocycles. The molecule has 484 valence electrons. The van der Waals surface area contributed by atoms with Crippen LogP contribution < -0.4 is 14.7 Å². The molecule has 3 nitrogen and oxygen atoms in total. The maximum Gasteiger partial charge on any atom is 0.0560 e. The normalized spacial score (nSPS) is 12.9. The third-order valence-electron chi connectivity index (χ3n) is 21.1. The van der Waals surface area contributed by atoms with E-state index in [4.69, 9.17) is 0 Å². The molecule has 0 spiro atoms. The molecule has 0 N–H and O–H groups in total. The molecule has 1 unspecified atom stereocenters. The predicted octanol–water partition coefficient (Wildman–Crippen LogP) is 27.9. The number of fused-ring (bicyclic) bond motifs is 11. The molecule has 1 aliphatic carbocycles. The van der Waals surface area contributed by atoms with Crippen molar-refractivity contribution in [2.24, 2.45) is 0 Å². The number of allylic oxidation sites excluding steroid dienone is 2. The van der Waals surface area contributed by atoms with Crippen molar-refractivity contribution >= 4 is 126 Å². The summed E-state index contributed by atoms with van der Waals surface area (Å²) in [5.74, 6) is 0. The highest BCUT2D eigenvalue weighted by Crippen LogP contribution is 2.52. The number of rotatable bonds is 14. The molecule has 0 saturated heterocycles. The first kappa shape index (κ1) is 60.8. The molecule has 1 aliphatic rings. The van der Waals surface area contributed by atoms with E-state index in [2.05, 4.69) is 415 Å². The van der Waals surface area contributed by atoms with Crippen molar-refractivity contribution < 1.29 is 0 Å². The van der Waals surface area contributed by atoms with Crippen molar-refractivity contribution in [2.45, 2.75) is 12.5 Å². The topological polar surface area (TPSA) is 9.72 Å². The number of nitrogens with zero attached hydrogens (tertiary/aromatic N) is 3. The molecule has 18 aromatic carbocycles. The second kappa shape index (κ2) is 26.1. The van der Waals surface area contributed by atoms with Gasteiger partial charge in [0.1, 0.15) is 0 Å². The quantitative estimate of drug-likeness (QED) is 0.100. The van der Waals surface area contributed by atoms with Crippen LogP contribution in [0.3, 0.4) is 0 Å². The zero-order chi connectivity index (χ0) is 68.2. The van der Waals surface area contributed by atoms with Crippen molar-refractivity contribution in [2.75, 3.05) is 14.7 Å². The summed E-state index contributed by atoms with van der Waals surface area (Å²) in [6, 6.07) is 141. The van der Waals surface area contributed by atoms with Gasteiger partial charge in [-0.3, -0.25) is 0 Å². The average molecular weight is 1310 g/mol. The molecule has 1 atom stereocenters. The first-order valence-electron chi connectivity index (χ1n) is 35.7. The van der Waals surface area contributed by atoms with Crippen LogP contribution in [0.5, 0.6) is 0 Å². The van der Waals surface area contributed by atoms with Crippen LogP contribution in [0.25, 0.3) is 125 Å². The van der Waals surface area contributed by atoms with Crippen molar-refractivity contribution in [3.8, 4) is 44.5 Å². The van der Waals surface area contributed by atoms with Gasteiger partial charge in [0, 0.05) is 44.9 Å². The monoisotopic (exact) mass is 1310 g/mol. The lowest BCUT2D eigenvalue weighted by molar-refractivity contribution is 0.787. The van der Waals surface area contributed by atoms with Gasteiger partial charge in [0.25, 0.3) is 0 Å². The van der Waals surface area contributed by atoms with E-state index in [1.54, 1.807) is 0 Å². The minimum atomic E-state index is 0.116. The lowest BCUT2D eigenvalue weighted by Gasteiger charge is -2.33. The SMILES string of the molecule is C1=CC(N(c2ccccc2)c2ccccc2)CC=C1c1ccc2c(c1)c1cc(-c3cc4ccccc4c4ccccc34)ccc1c1c(-c3ccc(N(c4ccccc4)c4cccc5ccccc45)cc3)c(-c3ccccc3)cc(-c3ccc(N(c4ccccc4)c4cccc5ccccc45)cc3)c21. The summed E-state index contributed by atoms with van der Waals surface area (Å²) in [6.45, 7) is 0. The summed E-state index contributed by atoms with van der Waals surface area (Å²) < 4.78 is 0. The Balaban J connectivity index is 0.876. The van der Waals surface area contributed by atoms with E-state index in [0.717, 1.165) is 68.4 Å². The van der Waals surface area contributed by atoms with Crippen molar-refractivity contribution in [1.82, 2.24) is 0 Å². The summed E-state index contributed by atoms with van der Waals surface area (Å²) in [5.41, 5.74) is 20.6. The van der Waals surface area contributed by atoms with Gasteiger partial charge in [-0.05, 0) is 236 Å². The number of hydrogen-bond acceptors (Lipinski definition) is 3. The van der Waals surface area contributed by atoms with Crippen LogP contribution in [0.15, 0.2) is 400 Å². The zero-order valence-corrected chi connectivity index (χ0v) is 56.7. The first-order valence-corrected chi connectivity index (χ1v) is 35.7. The van der Waals surface area contributed by atoms with Crippen LogP contribution in [0.1, 0.15) is 12.0 Å². The Bertz CT molecular complexity index is 6260. The van der Waals surface area contributed by atoms with Crippen LogP contribution in [-0.2, 0) is 0 Å². The molecule has 0 heterocycles. The Hall–Kier alpha value is -13.3. The molecule has 0 saturated carbocycles. The molecule has 0 amide bonds. The average Bonchev–Trinajstić information content (AvgIpc) is 0.704. The molecule has 0 radical (unpaired) electrons. The highest BCUT2D eigenvalue weighted by atomic mass is 15.2. The molecule has 0 aromatic heterocycles. The highest BCUT2D eigenvalue weighted by Gasteiger charge is 2.27. The molecule has 19 rings (SSSR count). The third-order valence-corrected chi connectivity index (χ3v) is 21.1. The van der Waals surface area contributed by atoms with Gasteiger partial charge in [-0.15, -0.1) is 0 Å². The zero-order valence-electron chi connectivity index (χ0n) is 56.7. The molecule has 0 fully saturated rings. The van der Waals surface area contributed by atoms with Crippen molar-refractivity contribution in [3.05, 3.63) is 406 Å². The maximum absolute atomic E-state index is 2.51. The summed E-state index contributed by atoms with van der Waals surface area (Å²) in [5, 5.41) is 16.9. The van der Waals surface area contributed by atoms with Gasteiger partial charge in [-0.2, -0.15) is 0 Å². The summed E-state index contributed by atoms with van der Waals surface area (Å²) >= 11 is 0. The van der Waals surface area contributed by atoms with E-state index in [0.29, 0.717) is 0 Å². The second-order valence-electron chi connectivity index (χ2n) is 27.0. The fraction of sp³-hybridized carbons (Fsp3) is 0.0200. The lowest BCUT2D eigenvalue weighted by atomic mass is 9.80.